The van der Waals surface area contributed by atoms with Crippen LogP contribution in [0, 0.1) is 6.92 Å². The quantitative estimate of drug-likeness (QED) is 0.788. The van der Waals surface area contributed by atoms with Crippen molar-refractivity contribution >= 4 is 11.6 Å². The summed E-state index contributed by atoms with van der Waals surface area (Å²) >= 11 is 0. The Labute approximate surface area is 135 Å². The molecule has 1 aromatic heterocycles. The van der Waals surface area contributed by atoms with Crippen molar-refractivity contribution in [3.05, 3.63) is 77.9 Å². The zero-order chi connectivity index (χ0) is 16.1. The second-order valence-electron chi connectivity index (χ2n) is 5.44. The third kappa shape index (κ3) is 4.03. The molecule has 0 bridgehead atoms. The number of amides is 1. The van der Waals surface area contributed by atoms with Gasteiger partial charge in [0.2, 0.25) is 5.91 Å². The summed E-state index contributed by atoms with van der Waals surface area (Å²) in [5, 5.41) is 7.00. The van der Waals surface area contributed by atoms with Gasteiger partial charge in [-0.15, -0.1) is 0 Å². The number of benzene rings is 2. The van der Waals surface area contributed by atoms with Crippen molar-refractivity contribution < 1.29 is 4.79 Å². The van der Waals surface area contributed by atoms with Crippen LogP contribution < -0.4 is 5.32 Å². The summed E-state index contributed by atoms with van der Waals surface area (Å²) in [4.78, 5) is 16.1. The lowest BCUT2D eigenvalue weighted by Gasteiger charge is -2.08. The van der Waals surface area contributed by atoms with Crippen LogP contribution in [-0.2, 0) is 17.8 Å². The Kier molecular flexibility index (Phi) is 4.47. The number of anilines is 1. The van der Waals surface area contributed by atoms with Crippen LogP contribution in [0.15, 0.2) is 61.2 Å². The van der Waals surface area contributed by atoms with E-state index in [9.17, 15) is 4.79 Å². The molecule has 3 aromatic rings. The number of hydrogen-bond acceptors (Lipinski definition) is 3. The molecule has 0 aliphatic heterocycles. The summed E-state index contributed by atoms with van der Waals surface area (Å²) < 4.78 is 1.76. The number of rotatable bonds is 5. The van der Waals surface area contributed by atoms with Gasteiger partial charge in [-0.25, -0.2) is 9.67 Å². The highest BCUT2D eigenvalue weighted by atomic mass is 16.1. The summed E-state index contributed by atoms with van der Waals surface area (Å²) in [5.74, 6) is -0.0108. The number of nitrogens with zero attached hydrogens (tertiary/aromatic N) is 3. The van der Waals surface area contributed by atoms with Gasteiger partial charge in [0.05, 0.1) is 13.0 Å². The Hall–Kier alpha value is -2.95. The molecular weight excluding hydrogens is 288 g/mol. The zero-order valence-electron chi connectivity index (χ0n) is 12.9. The minimum atomic E-state index is -0.0108. The minimum Gasteiger partial charge on any atom is -0.326 e. The van der Waals surface area contributed by atoms with Crippen LogP contribution in [0.2, 0.25) is 0 Å². The molecule has 2 aromatic carbocycles. The molecule has 0 saturated heterocycles. The fourth-order valence-electron chi connectivity index (χ4n) is 2.38. The zero-order valence-corrected chi connectivity index (χ0v) is 12.9. The highest BCUT2D eigenvalue weighted by molar-refractivity contribution is 5.92. The average Bonchev–Trinajstić information content (AvgIpc) is 3.04. The first kappa shape index (κ1) is 15.0. The van der Waals surface area contributed by atoms with E-state index in [4.69, 9.17) is 0 Å². The largest absolute Gasteiger partial charge is 0.326 e. The topological polar surface area (TPSA) is 59.8 Å². The van der Waals surface area contributed by atoms with Crippen molar-refractivity contribution in [3.8, 4) is 0 Å². The maximum absolute atomic E-state index is 12.1. The molecule has 0 unspecified atom stereocenters. The van der Waals surface area contributed by atoms with Crippen molar-refractivity contribution in [1.29, 1.82) is 0 Å². The first-order valence-electron chi connectivity index (χ1n) is 7.46. The van der Waals surface area contributed by atoms with Crippen molar-refractivity contribution in [2.45, 2.75) is 19.9 Å². The molecule has 116 valence electrons. The second kappa shape index (κ2) is 6.87. The van der Waals surface area contributed by atoms with E-state index < -0.39 is 0 Å². The molecule has 1 N–H and O–H groups in total. The van der Waals surface area contributed by atoms with Crippen LogP contribution in [-0.4, -0.2) is 20.7 Å². The summed E-state index contributed by atoms with van der Waals surface area (Å²) in [7, 11) is 0. The van der Waals surface area contributed by atoms with Gasteiger partial charge in [0.15, 0.2) is 0 Å². The number of aromatic nitrogens is 3. The fourth-order valence-corrected chi connectivity index (χ4v) is 2.38. The van der Waals surface area contributed by atoms with Crippen LogP contribution in [0.5, 0.6) is 0 Å². The fraction of sp³-hybridized carbons (Fsp3) is 0.167. The molecule has 1 amide bonds. The van der Waals surface area contributed by atoms with Crippen LogP contribution in [0.4, 0.5) is 5.69 Å². The lowest BCUT2D eigenvalue weighted by atomic mass is 10.1. The van der Waals surface area contributed by atoms with Gasteiger partial charge in [0.1, 0.15) is 12.7 Å². The molecule has 0 radical (unpaired) electrons. The summed E-state index contributed by atoms with van der Waals surface area (Å²) in [6, 6.07) is 15.7. The average molecular weight is 306 g/mol. The Balaban J connectivity index is 1.59. The summed E-state index contributed by atoms with van der Waals surface area (Å²) in [6.07, 6.45) is 3.57. The minimum absolute atomic E-state index is 0.0108. The number of carbonyl (C=O) groups excluding carboxylic acids is 1. The van der Waals surface area contributed by atoms with Gasteiger partial charge in [-0.2, -0.15) is 5.10 Å². The maximum atomic E-state index is 12.1. The van der Waals surface area contributed by atoms with E-state index in [1.807, 2.05) is 55.5 Å². The summed E-state index contributed by atoms with van der Waals surface area (Å²) in [5.41, 5.74) is 4.08. The maximum Gasteiger partial charge on any atom is 0.228 e. The van der Waals surface area contributed by atoms with Gasteiger partial charge in [-0.3, -0.25) is 4.79 Å². The predicted octanol–water partition coefficient (Wildman–Crippen LogP) is 2.82. The van der Waals surface area contributed by atoms with E-state index in [1.54, 1.807) is 11.0 Å². The Morgan fingerprint density at radius 3 is 2.61 bits per heavy atom. The highest BCUT2D eigenvalue weighted by Crippen LogP contribution is 2.12. The van der Waals surface area contributed by atoms with Crippen molar-refractivity contribution in [2.24, 2.45) is 0 Å². The molecule has 1 heterocycles. The molecule has 0 atom stereocenters. The number of nitrogens with one attached hydrogen (secondary N) is 1. The standard InChI is InChI=1S/C18H18N4O/c1-14-4-2-3-5-16(14)10-18(23)21-17-8-6-15(7-9-17)11-22-13-19-12-20-22/h2-9,12-13H,10-11H2,1H3,(H,21,23). The number of aryl methyl sites for hydroxylation is 1. The predicted molar refractivity (Wildman–Crippen MR) is 89.1 cm³/mol. The smallest absolute Gasteiger partial charge is 0.228 e. The normalized spacial score (nSPS) is 10.5. The number of hydrogen-bond donors (Lipinski definition) is 1. The third-order valence-corrected chi connectivity index (χ3v) is 3.66. The SMILES string of the molecule is Cc1ccccc1CC(=O)Nc1ccc(Cn2cncn2)cc1. The Bertz CT molecular complexity index is 779. The first-order valence-corrected chi connectivity index (χ1v) is 7.46. The van der Waals surface area contributed by atoms with Gasteiger partial charge < -0.3 is 5.32 Å². The van der Waals surface area contributed by atoms with E-state index >= 15 is 0 Å². The number of carbonyl (C=O) groups is 1. The third-order valence-electron chi connectivity index (χ3n) is 3.66. The van der Waals surface area contributed by atoms with Crippen LogP contribution >= 0.6 is 0 Å². The van der Waals surface area contributed by atoms with Crippen LogP contribution in [0.1, 0.15) is 16.7 Å². The summed E-state index contributed by atoms with van der Waals surface area (Å²) in [6.45, 7) is 2.68. The molecule has 5 heteroatoms. The van der Waals surface area contributed by atoms with E-state index in [2.05, 4.69) is 15.4 Å². The monoisotopic (exact) mass is 306 g/mol. The van der Waals surface area contributed by atoms with Gasteiger partial charge in [-0.1, -0.05) is 36.4 Å². The second-order valence-corrected chi connectivity index (χ2v) is 5.44. The van der Waals surface area contributed by atoms with Crippen LogP contribution in [0.3, 0.4) is 0 Å². The molecular formula is C18H18N4O. The molecule has 5 nitrogen and oxygen atoms in total. The molecule has 0 fully saturated rings. The first-order chi connectivity index (χ1) is 11.2. The lowest BCUT2D eigenvalue weighted by molar-refractivity contribution is -0.115. The van der Waals surface area contributed by atoms with Crippen molar-refractivity contribution in [3.63, 3.8) is 0 Å². The van der Waals surface area contributed by atoms with E-state index in [1.165, 1.54) is 6.33 Å². The molecule has 0 saturated carbocycles. The highest BCUT2D eigenvalue weighted by Gasteiger charge is 2.06. The van der Waals surface area contributed by atoms with E-state index in [0.29, 0.717) is 13.0 Å². The molecule has 0 aliphatic rings. The van der Waals surface area contributed by atoms with Gasteiger partial charge in [-0.05, 0) is 35.7 Å². The Morgan fingerprint density at radius 1 is 1.13 bits per heavy atom. The van der Waals surface area contributed by atoms with Gasteiger partial charge >= 0.3 is 0 Å². The molecule has 0 aliphatic carbocycles. The van der Waals surface area contributed by atoms with Crippen molar-refractivity contribution in [2.75, 3.05) is 5.32 Å². The van der Waals surface area contributed by atoms with Gasteiger partial charge in [0.25, 0.3) is 0 Å². The van der Waals surface area contributed by atoms with Crippen molar-refractivity contribution in [1.82, 2.24) is 14.8 Å². The lowest BCUT2D eigenvalue weighted by Crippen LogP contribution is -2.15. The molecule has 0 spiro atoms. The van der Waals surface area contributed by atoms with E-state index in [0.717, 1.165) is 22.4 Å². The molecule has 23 heavy (non-hydrogen) atoms. The van der Waals surface area contributed by atoms with Crippen LogP contribution in [0.25, 0.3) is 0 Å². The Morgan fingerprint density at radius 2 is 1.91 bits per heavy atom. The van der Waals surface area contributed by atoms with Gasteiger partial charge in [0, 0.05) is 5.69 Å². The van der Waals surface area contributed by atoms with E-state index in [-0.39, 0.29) is 5.91 Å². The molecule has 3 rings (SSSR count).